The van der Waals surface area contributed by atoms with Crippen molar-refractivity contribution in [2.45, 2.75) is 13.8 Å². The van der Waals surface area contributed by atoms with E-state index in [4.69, 9.17) is 9.47 Å². The van der Waals surface area contributed by atoms with E-state index >= 15 is 0 Å². The van der Waals surface area contributed by atoms with Gasteiger partial charge in [-0.1, -0.05) is 6.07 Å². The van der Waals surface area contributed by atoms with Gasteiger partial charge in [0.1, 0.15) is 4.88 Å². The number of aromatic nitrogens is 1. The predicted octanol–water partition coefficient (Wildman–Crippen LogP) is 3.60. The number of hydrogen-bond donors (Lipinski definition) is 0. The molecule has 6 nitrogen and oxygen atoms in total. The number of esters is 2. The van der Waals surface area contributed by atoms with Gasteiger partial charge in [-0.25, -0.2) is 0 Å². The number of thiophene rings is 1. The molecular formula is C19H13NO5S. The van der Waals surface area contributed by atoms with E-state index in [2.05, 4.69) is 0 Å². The molecule has 1 aromatic carbocycles. The van der Waals surface area contributed by atoms with Crippen molar-refractivity contribution in [3.63, 3.8) is 0 Å². The fraction of sp³-hybridized carbons (Fsp3) is 0.105. The van der Waals surface area contributed by atoms with Gasteiger partial charge in [0, 0.05) is 31.0 Å². The molecule has 4 rings (SSSR count). The second-order valence-electron chi connectivity index (χ2n) is 5.77. The fourth-order valence-electron chi connectivity index (χ4n) is 2.98. The zero-order valence-electron chi connectivity index (χ0n) is 13.9. The van der Waals surface area contributed by atoms with Gasteiger partial charge in [-0.2, -0.15) is 0 Å². The average molecular weight is 367 g/mol. The molecule has 0 atom stereocenters. The topological polar surface area (TPSA) is 74.6 Å². The molecule has 0 fully saturated rings. The molecule has 0 amide bonds. The van der Waals surface area contributed by atoms with E-state index in [1.165, 1.54) is 25.2 Å². The third kappa shape index (κ3) is 2.53. The summed E-state index contributed by atoms with van der Waals surface area (Å²) in [6.45, 7) is 2.55. The van der Waals surface area contributed by atoms with Crippen LogP contribution < -0.4 is 9.47 Å². The maximum absolute atomic E-state index is 12.4. The number of carbonyl (C=O) groups excluding carboxylic acids is 3. The Balaban J connectivity index is 1.84. The lowest BCUT2D eigenvalue weighted by atomic mass is 10.1. The smallest absolute Gasteiger partial charge is 0.308 e. The lowest BCUT2D eigenvalue weighted by Gasteiger charge is -2.11. The molecule has 3 aromatic rings. The van der Waals surface area contributed by atoms with Crippen molar-refractivity contribution in [1.82, 2.24) is 4.57 Å². The van der Waals surface area contributed by atoms with Crippen LogP contribution in [-0.2, 0) is 9.59 Å². The molecule has 2 aromatic heterocycles. The molecule has 0 saturated carbocycles. The van der Waals surface area contributed by atoms with Crippen LogP contribution in [0.1, 0.15) is 29.2 Å². The Labute approximate surface area is 152 Å². The van der Waals surface area contributed by atoms with E-state index in [-0.39, 0.29) is 17.3 Å². The van der Waals surface area contributed by atoms with E-state index in [0.717, 1.165) is 16.8 Å². The lowest BCUT2D eigenvalue weighted by Crippen LogP contribution is -2.07. The highest BCUT2D eigenvalue weighted by Gasteiger charge is 2.31. The average Bonchev–Trinajstić information content (AvgIpc) is 3.24. The van der Waals surface area contributed by atoms with Gasteiger partial charge in [0.15, 0.2) is 11.5 Å². The van der Waals surface area contributed by atoms with Crippen molar-refractivity contribution in [1.29, 1.82) is 0 Å². The van der Waals surface area contributed by atoms with Crippen LogP contribution in [0.5, 0.6) is 11.5 Å². The van der Waals surface area contributed by atoms with E-state index in [9.17, 15) is 14.4 Å². The third-order valence-corrected chi connectivity index (χ3v) is 4.92. The summed E-state index contributed by atoms with van der Waals surface area (Å²) in [7, 11) is 0. The molecule has 0 spiro atoms. The number of ketones is 1. The van der Waals surface area contributed by atoms with Crippen LogP contribution in [0.25, 0.3) is 16.8 Å². The maximum atomic E-state index is 12.4. The summed E-state index contributed by atoms with van der Waals surface area (Å²) in [6, 6.07) is 8.58. The first kappa shape index (κ1) is 16.3. The highest BCUT2D eigenvalue weighted by atomic mass is 32.1. The molecule has 130 valence electrons. The molecule has 3 heterocycles. The molecule has 0 aliphatic carbocycles. The number of fused-ring (bicyclic) bond motifs is 3. The Kier molecular flexibility index (Phi) is 3.73. The molecule has 7 heteroatoms. The van der Waals surface area contributed by atoms with Gasteiger partial charge in [0.05, 0.1) is 11.4 Å². The summed E-state index contributed by atoms with van der Waals surface area (Å²) in [5.41, 5.74) is 3.04. The minimum absolute atomic E-state index is 0.00186. The zero-order valence-corrected chi connectivity index (χ0v) is 14.8. The van der Waals surface area contributed by atoms with Crippen molar-refractivity contribution in [3.05, 3.63) is 52.5 Å². The SMILES string of the molecule is CC(=O)Oc1ccc(-c2csc3c2-n2cccc2C3=O)cc1OC(C)=O. The number of carbonyl (C=O) groups is 3. The summed E-state index contributed by atoms with van der Waals surface area (Å²) in [5, 5.41) is 1.89. The highest BCUT2D eigenvalue weighted by molar-refractivity contribution is 7.13. The number of ether oxygens (including phenoxy) is 2. The Morgan fingerprint density at radius 2 is 1.77 bits per heavy atom. The van der Waals surface area contributed by atoms with Crippen molar-refractivity contribution in [2.24, 2.45) is 0 Å². The minimum atomic E-state index is -0.519. The van der Waals surface area contributed by atoms with Crippen molar-refractivity contribution < 1.29 is 23.9 Å². The molecular weight excluding hydrogens is 354 g/mol. The Hall–Kier alpha value is -3.19. The van der Waals surface area contributed by atoms with E-state index in [1.807, 2.05) is 22.2 Å². The lowest BCUT2D eigenvalue weighted by molar-refractivity contribution is -0.134. The molecule has 0 saturated heterocycles. The van der Waals surface area contributed by atoms with E-state index in [0.29, 0.717) is 10.6 Å². The van der Waals surface area contributed by atoms with Crippen LogP contribution in [0.15, 0.2) is 41.9 Å². The third-order valence-electron chi connectivity index (χ3n) is 3.96. The minimum Gasteiger partial charge on any atom is -0.423 e. The van der Waals surface area contributed by atoms with Crippen molar-refractivity contribution in [2.75, 3.05) is 0 Å². The first-order valence-corrected chi connectivity index (χ1v) is 8.69. The van der Waals surface area contributed by atoms with Gasteiger partial charge in [-0.15, -0.1) is 11.3 Å². The Morgan fingerprint density at radius 1 is 1.04 bits per heavy atom. The largest absolute Gasteiger partial charge is 0.423 e. The summed E-state index contributed by atoms with van der Waals surface area (Å²) >= 11 is 1.37. The Bertz CT molecular complexity index is 1080. The molecule has 0 unspecified atom stereocenters. The summed E-state index contributed by atoms with van der Waals surface area (Å²) in [5.74, 6) is -0.708. The first-order valence-electron chi connectivity index (χ1n) is 7.81. The zero-order chi connectivity index (χ0) is 18.4. The van der Waals surface area contributed by atoms with Gasteiger partial charge >= 0.3 is 11.9 Å². The number of hydrogen-bond acceptors (Lipinski definition) is 6. The number of rotatable bonds is 3. The maximum Gasteiger partial charge on any atom is 0.308 e. The summed E-state index contributed by atoms with van der Waals surface area (Å²) < 4.78 is 12.1. The number of benzene rings is 1. The second-order valence-corrected chi connectivity index (χ2v) is 6.65. The van der Waals surface area contributed by atoms with Gasteiger partial charge in [-0.05, 0) is 29.8 Å². The van der Waals surface area contributed by atoms with E-state index in [1.54, 1.807) is 24.3 Å². The van der Waals surface area contributed by atoms with Gasteiger partial charge in [0.2, 0.25) is 5.78 Å². The first-order chi connectivity index (χ1) is 12.5. The van der Waals surface area contributed by atoms with Crippen molar-refractivity contribution >= 4 is 29.1 Å². The normalized spacial score (nSPS) is 11.8. The van der Waals surface area contributed by atoms with E-state index < -0.39 is 11.9 Å². The van der Waals surface area contributed by atoms with Gasteiger partial charge in [0.25, 0.3) is 0 Å². The van der Waals surface area contributed by atoms with Crippen LogP contribution in [0.4, 0.5) is 0 Å². The van der Waals surface area contributed by atoms with Crippen LogP contribution in [0, 0.1) is 0 Å². The molecule has 0 radical (unpaired) electrons. The molecule has 1 aliphatic rings. The van der Waals surface area contributed by atoms with Crippen LogP contribution in [0.3, 0.4) is 0 Å². The monoisotopic (exact) mass is 367 g/mol. The van der Waals surface area contributed by atoms with Gasteiger partial charge < -0.3 is 14.0 Å². The molecule has 0 N–H and O–H groups in total. The summed E-state index contributed by atoms with van der Waals surface area (Å²) in [6.07, 6.45) is 1.84. The second kappa shape index (κ2) is 5.96. The van der Waals surface area contributed by atoms with Crippen molar-refractivity contribution in [3.8, 4) is 28.3 Å². The van der Waals surface area contributed by atoms with Crippen LogP contribution >= 0.6 is 11.3 Å². The quantitative estimate of drug-likeness (QED) is 0.409. The Morgan fingerprint density at radius 3 is 2.50 bits per heavy atom. The summed E-state index contributed by atoms with van der Waals surface area (Å²) in [4.78, 5) is 35.8. The molecule has 26 heavy (non-hydrogen) atoms. The van der Waals surface area contributed by atoms with Crippen LogP contribution in [0.2, 0.25) is 0 Å². The van der Waals surface area contributed by atoms with Gasteiger partial charge in [-0.3, -0.25) is 14.4 Å². The highest BCUT2D eigenvalue weighted by Crippen LogP contribution is 2.43. The molecule has 1 aliphatic heterocycles. The van der Waals surface area contributed by atoms with Crippen LogP contribution in [-0.4, -0.2) is 22.3 Å². The predicted molar refractivity (Wildman–Crippen MR) is 95.1 cm³/mol. The number of nitrogens with zero attached hydrogens (tertiary/aromatic N) is 1. The fourth-order valence-corrected chi connectivity index (χ4v) is 4.00. The molecule has 0 bridgehead atoms. The standard InChI is InChI=1S/C19H13NO5S/c1-10(21)24-15-6-5-12(8-16(15)25-11(2)22)13-9-26-19-17(13)20-7-3-4-14(20)18(19)23/h3-9H,1-2H3.